The highest BCUT2D eigenvalue weighted by atomic mass is 16.5. The van der Waals surface area contributed by atoms with Gasteiger partial charge in [0.15, 0.2) is 0 Å². The summed E-state index contributed by atoms with van der Waals surface area (Å²) >= 11 is 0. The van der Waals surface area contributed by atoms with Crippen molar-refractivity contribution in [3.8, 4) is 0 Å². The van der Waals surface area contributed by atoms with Gasteiger partial charge in [-0.2, -0.15) is 0 Å². The van der Waals surface area contributed by atoms with Crippen molar-refractivity contribution in [2.75, 3.05) is 0 Å². The fraction of sp³-hybridized carbons (Fsp3) is 1.00. The summed E-state index contributed by atoms with van der Waals surface area (Å²) in [5, 5.41) is 0. The highest BCUT2D eigenvalue weighted by Gasteiger charge is 2.52. The van der Waals surface area contributed by atoms with Gasteiger partial charge in [0.2, 0.25) is 0 Å². The Labute approximate surface area is 150 Å². The van der Waals surface area contributed by atoms with E-state index in [2.05, 4.69) is 20.8 Å². The standard InChI is InChI=1S/C23H40O/c1-4-22(2,3)21(24-20-8-6-5-7-9-20)16-23-13-17-10-18(14-23)12-19(11-17)15-23/h17-21H,4-16H2,1-3H3. The molecule has 1 atom stereocenters. The molecule has 138 valence electrons. The lowest BCUT2D eigenvalue weighted by molar-refractivity contribution is -0.137. The van der Waals surface area contributed by atoms with Gasteiger partial charge in [-0.1, -0.05) is 40.0 Å². The summed E-state index contributed by atoms with van der Waals surface area (Å²) in [6, 6.07) is 0. The minimum absolute atomic E-state index is 0.334. The fourth-order valence-electron chi connectivity index (χ4n) is 7.10. The molecule has 0 radical (unpaired) electrons. The summed E-state index contributed by atoms with van der Waals surface area (Å²) < 4.78 is 6.89. The van der Waals surface area contributed by atoms with Gasteiger partial charge in [0.1, 0.15) is 0 Å². The Kier molecular flexibility index (Phi) is 4.78. The molecule has 0 N–H and O–H groups in total. The van der Waals surface area contributed by atoms with Crippen molar-refractivity contribution in [3.05, 3.63) is 0 Å². The summed E-state index contributed by atoms with van der Waals surface area (Å²) in [4.78, 5) is 0. The van der Waals surface area contributed by atoms with Crippen molar-refractivity contribution in [1.29, 1.82) is 0 Å². The van der Waals surface area contributed by atoms with Gasteiger partial charge in [0, 0.05) is 0 Å². The monoisotopic (exact) mass is 332 g/mol. The molecule has 0 spiro atoms. The third-order valence-electron chi connectivity index (χ3n) is 8.48. The van der Waals surface area contributed by atoms with Crippen LogP contribution in [0.4, 0.5) is 0 Å². The molecule has 0 amide bonds. The number of hydrogen-bond acceptors (Lipinski definition) is 1. The minimum atomic E-state index is 0.334. The Balaban J connectivity index is 1.48. The first-order chi connectivity index (χ1) is 11.5. The van der Waals surface area contributed by atoms with E-state index in [4.69, 9.17) is 4.74 Å². The number of hydrogen-bond donors (Lipinski definition) is 0. The quantitative estimate of drug-likeness (QED) is 0.523. The third-order valence-corrected chi connectivity index (χ3v) is 8.48. The molecule has 24 heavy (non-hydrogen) atoms. The Bertz CT molecular complexity index is 396. The highest BCUT2D eigenvalue weighted by Crippen LogP contribution is 2.62. The Morgan fingerprint density at radius 2 is 1.46 bits per heavy atom. The van der Waals surface area contributed by atoms with E-state index in [1.165, 1.54) is 64.2 Å². The van der Waals surface area contributed by atoms with Crippen LogP contribution in [0.2, 0.25) is 0 Å². The second kappa shape index (κ2) is 6.60. The largest absolute Gasteiger partial charge is 0.374 e. The second-order valence-electron chi connectivity index (χ2n) is 10.8. The zero-order chi connectivity index (χ0) is 16.8. The lowest BCUT2D eigenvalue weighted by Crippen LogP contribution is -2.49. The molecule has 0 aromatic heterocycles. The molecule has 5 rings (SSSR count). The first-order valence-electron chi connectivity index (χ1n) is 11.1. The summed E-state index contributed by atoms with van der Waals surface area (Å²) in [7, 11) is 0. The normalized spacial score (nSPS) is 40.9. The summed E-state index contributed by atoms with van der Waals surface area (Å²) in [6.45, 7) is 7.32. The first-order valence-corrected chi connectivity index (χ1v) is 11.1. The van der Waals surface area contributed by atoms with Crippen LogP contribution in [0, 0.1) is 28.6 Å². The molecular formula is C23H40O. The molecule has 1 heteroatoms. The van der Waals surface area contributed by atoms with Crippen LogP contribution >= 0.6 is 0 Å². The molecule has 5 aliphatic rings. The smallest absolute Gasteiger partial charge is 0.0634 e. The van der Waals surface area contributed by atoms with Gasteiger partial charge in [0.05, 0.1) is 12.2 Å². The van der Waals surface area contributed by atoms with Crippen LogP contribution in [0.3, 0.4) is 0 Å². The molecule has 5 aliphatic carbocycles. The van der Waals surface area contributed by atoms with Gasteiger partial charge in [-0.25, -0.2) is 0 Å². The fourth-order valence-corrected chi connectivity index (χ4v) is 7.10. The number of rotatable bonds is 6. The molecule has 5 fully saturated rings. The van der Waals surface area contributed by atoms with Crippen molar-refractivity contribution in [1.82, 2.24) is 0 Å². The maximum atomic E-state index is 6.89. The average molecular weight is 333 g/mol. The van der Waals surface area contributed by atoms with Crippen LogP contribution in [0.5, 0.6) is 0 Å². The zero-order valence-electron chi connectivity index (χ0n) is 16.5. The van der Waals surface area contributed by atoms with E-state index in [1.54, 1.807) is 19.3 Å². The molecule has 0 aromatic carbocycles. The molecule has 5 saturated carbocycles. The van der Waals surface area contributed by atoms with Crippen LogP contribution < -0.4 is 0 Å². The summed E-state index contributed by atoms with van der Waals surface area (Å²) in [5.41, 5.74) is 0.987. The molecule has 0 aromatic rings. The Morgan fingerprint density at radius 3 is 1.96 bits per heavy atom. The van der Waals surface area contributed by atoms with Gasteiger partial charge in [-0.15, -0.1) is 0 Å². The Hall–Kier alpha value is -0.0400. The van der Waals surface area contributed by atoms with E-state index < -0.39 is 0 Å². The molecule has 4 bridgehead atoms. The highest BCUT2D eigenvalue weighted by molar-refractivity contribution is 5.03. The predicted octanol–water partition coefficient (Wildman–Crippen LogP) is 6.75. The van der Waals surface area contributed by atoms with Crippen LogP contribution in [0.15, 0.2) is 0 Å². The van der Waals surface area contributed by atoms with E-state index in [9.17, 15) is 0 Å². The summed E-state index contributed by atoms with van der Waals surface area (Å²) in [6.07, 6.45) is 19.8. The van der Waals surface area contributed by atoms with Crippen molar-refractivity contribution in [3.63, 3.8) is 0 Å². The second-order valence-corrected chi connectivity index (χ2v) is 10.8. The molecule has 0 saturated heterocycles. The minimum Gasteiger partial charge on any atom is -0.374 e. The van der Waals surface area contributed by atoms with E-state index in [1.807, 2.05) is 0 Å². The van der Waals surface area contributed by atoms with E-state index in [0.717, 1.165) is 17.8 Å². The first kappa shape index (κ1) is 17.4. The molecule has 0 aliphatic heterocycles. The van der Waals surface area contributed by atoms with Crippen LogP contribution in [-0.4, -0.2) is 12.2 Å². The maximum Gasteiger partial charge on any atom is 0.0634 e. The van der Waals surface area contributed by atoms with Crippen molar-refractivity contribution in [2.24, 2.45) is 28.6 Å². The SMILES string of the molecule is CCC(C)(C)C(CC12CC3CC(CC(C3)C1)C2)OC1CCCCC1. The van der Waals surface area contributed by atoms with Gasteiger partial charge in [-0.3, -0.25) is 0 Å². The average Bonchev–Trinajstić information content (AvgIpc) is 2.53. The number of ether oxygens (including phenoxy) is 1. The lowest BCUT2D eigenvalue weighted by atomic mass is 9.48. The third kappa shape index (κ3) is 3.44. The van der Waals surface area contributed by atoms with Gasteiger partial charge < -0.3 is 4.74 Å². The van der Waals surface area contributed by atoms with Crippen molar-refractivity contribution >= 4 is 0 Å². The van der Waals surface area contributed by atoms with Crippen molar-refractivity contribution in [2.45, 2.75) is 116 Å². The molecule has 0 heterocycles. The van der Waals surface area contributed by atoms with Gasteiger partial charge in [0.25, 0.3) is 0 Å². The van der Waals surface area contributed by atoms with E-state index in [-0.39, 0.29) is 0 Å². The topological polar surface area (TPSA) is 9.23 Å². The zero-order valence-corrected chi connectivity index (χ0v) is 16.5. The predicted molar refractivity (Wildman–Crippen MR) is 101 cm³/mol. The Morgan fingerprint density at radius 1 is 0.917 bits per heavy atom. The lowest BCUT2D eigenvalue weighted by Gasteiger charge is -2.58. The van der Waals surface area contributed by atoms with E-state index >= 15 is 0 Å². The van der Waals surface area contributed by atoms with Gasteiger partial charge >= 0.3 is 0 Å². The molecular weight excluding hydrogens is 292 g/mol. The molecule has 1 unspecified atom stereocenters. The maximum absolute atomic E-state index is 6.89. The summed E-state index contributed by atoms with van der Waals surface area (Å²) in [5.74, 6) is 3.20. The van der Waals surface area contributed by atoms with Crippen LogP contribution in [0.25, 0.3) is 0 Å². The van der Waals surface area contributed by atoms with Crippen molar-refractivity contribution < 1.29 is 4.74 Å². The van der Waals surface area contributed by atoms with Crippen LogP contribution in [-0.2, 0) is 4.74 Å². The van der Waals surface area contributed by atoms with Gasteiger partial charge in [-0.05, 0) is 92.8 Å². The van der Waals surface area contributed by atoms with E-state index in [0.29, 0.717) is 23.0 Å². The van der Waals surface area contributed by atoms with Crippen LogP contribution in [0.1, 0.15) is 104 Å². The molecule has 1 nitrogen and oxygen atoms in total.